The van der Waals surface area contributed by atoms with Crippen molar-refractivity contribution in [3.63, 3.8) is 0 Å². The van der Waals surface area contributed by atoms with Crippen molar-refractivity contribution in [3.8, 4) is 0 Å². The number of carbonyl (C=O) groups is 2. The minimum Gasteiger partial charge on any atom is -0.366 e. The highest BCUT2D eigenvalue weighted by Gasteiger charge is 2.35. The Labute approximate surface area is 229 Å². The molecule has 216 valence electrons. The molecule has 0 radical (unpaired) electrons. The highest BCUT2D eigenvalue weighted by Crippen LogP contribution is 2.39. The standard InChI is InChI=1S/C27H33F4N7O2/c1-26(2,3)18-8-11-20(12-9-18)38(25(40)34-22-14-19(27(29,30)31)10-13-21(22)28)15-16-4-6-17(7-5-16)23(39)35-24(32)36-37-33/h4-7,10,13-14,18,20H,8-9,11-12,15H2,1-3H3,(H,34,40)(H4,32,33,35,36,39). The zero-order chi connectivity index (χ0) is 29.7. The van der Waals surface area contributed by atoms with Gasteiger partial charge in [-0.05, 0) is 72.9 Å². The lowest BCUT2D eigenvalue weighted by molar-refractivity contribution is -0.137. The molecule has 2 aromatic rings. The Bertz CT molecular complexity index is 1260. The van der Waals surface area contributed by atoms with Crippen LogP contribution in [0.4, 0.5) is 28.0 Å². The first-order chi connectivity index (χ1) is 18.7. The Kier molecular flexibility index (Phi) is 9.48. The molecule has 0 unspecified atom stereocenters. The molecule has 1 aliphatic carbocycles. The van der Waals surface area contributed by atoms with Crippen LogP contribution in [0.2, 0.25) is 0 Å². The number of carbonyl (C=O) groups excluding carboxylic acids is 2. The number of urea groups is 1. The molecule has 3 amide bonds. The van der Waals surface area contributed by atoms with E-state index in [2.05, 4.69) is 41.4 Å². The number of alkyl halides is 3. The first-order valence-corrected chi connectivity index (χ1v) is 12.7. The van der Waals surface area contributed by atoms with Crippen molar-refractivity contribution in [2.75, 3.05) is 5.32 Å². The molecule has 1 saturated carbocycles. The fourth-order valence-corrected chi connectivity index (χ4v) is 4.80. The largest absolute Gasteiger partial charge is 0.416 e. The predicted molar refractivity (Wildman–Crippen MR) is 143 cm³/mol. The molecule has 0 bridgehead atoms. The average molecular weight is 564 g/mol. The van der Waals surface area contributed by atoms with Gasteiger partial charge in [-0.25, -0.2) is 9.18 Å². The molecule has 0 aromatic heterocycles. The number of aliphatic imine (C=N–C) groups is 1. The number of anilines is 1. The topological polar surface area (TPSA) is 139 Å². The van der Waals surface area contributed by atoms with E-state index in [1.807, 2.05) is 0 Å². The van der Waals surface area contributed by atoms with E-state index in [-0.39, 0.29) is 23.6 Å². The number of halogens is 4. The van der Waals surface area contributed by atoms with Crippen molar-refractivity contribution in [2.45, 2.75) is 65.2 Å². The molecule has 40 heavy (non-hydrogen) atoms. The molecule has 5 N–H and O–H groups in total. The summed E-state index contributed by atoms with van der Waals surface area (Å²) in [7, 11) is 0. The first-order valence-electron chi connectivity index (χ1n) is 12.7. The van der Waals surface area contributed by atoms with Crippen LogP contribution in [0.3, 0.4) is 0 Å². The lowest BCUT2D eigenvalue weighted by Crippen LogP contribution is -2.45. The lowest BCUT2D eigenvalue weighted by atomic mass is 9.71. The molecular formula is C27H33F4N7O2. The van der Waals surface area contributed by atoms with Gasteiger partial charge in [-0.3, -0.25) is 4.79 Å². The van der Waals surface area contributed by atoms with Crippen molar-refractivity contribution < 1.29 is 27.2 Å². The quantitative estimate of drug-likeness (QED) is 0.0986. The van der Waals surface area contributed by atoms with Gasteiger partial charge in [0.05, 0.1) is 11.3 Å². The fourth-order valence-electron chi connectivity index (χ4n) is 4.80. The average Bonchev–Trinajstić information content (AvgIpc) is 2.88. The zero-order valence-corrected chi connectivity index (χ0v) is 22.5. The summed E-state index contributed by atoms with van der Waals surface area (Å²) < 4.78 is 54.0. The van der Waals surface area contributed by atoms with Crippen LogP contribution in [-0.2, 0) is 12.7 Å². The van der Waals surface area contributed by atoms with Crippen LogP contribution in [-0.4, -0.2) is 28.8 Å². The number of guanidine groups is 1. The smallest absolute Gasteiger partial charge is 0.366 e. The van der Waals surface area contributed by atoms with E-state index in [0.717, 1.165) is 12.8 Å². The Morgan fingerprint density at radius 2 is 1.65 bits per heavy atom. The number of benzene rings is 2. The molecular weight excluding hydrogens is 530 g/mol. The van der Waals surface area contributed by atoms with Crippen LogP contribution in [0.15, 0.2) is 57.8 Å². The molecule has 9 nitrogen and oxygen atoms in total. The Hall–Kier alpha value is -4.03. The maximum atomic E-state index is 14.4. The summed E-state index contributed by atoms with van der Waals surface area (Å²) in [6, 6.07) is 7.17. The summed E-state index contributed by atoms with van der Waals surface area (Å²) in [5.41, 5.74) is 4.74. The minimum atomic E-state index is -4.70. The van der Waals surface area contributed by atoms with E-state index < -0.39 is 41.1 Å². The van der Waals surface area contributed by atoms with Gasteiger partial charge >= 0.3 is 12.2 Å². The van der Waals surface area contributed by atoms with Crippen molar-refractivity contribution in [3.05, 3.63) is 65.0 Å². The molecule has 0 aliphatic heterocycles. The normalized spacial score (nSPS) is 18.5. The summed E-state index contributed by atoms with van der Waals surface area (Å²) in [4.78, 5) is 30.7. The van der Waals surface area contributed by atoms with E-state index >= 15 is 0 Å². The van der Waals surface area contributed by atoms with Gasteiger partial charge < -0.3 is 21.8 Å². The number of nitrogens with zero attached hydrogens (tertiary/aromatic N) is 4. The van der Waals surface area contributed by atoms with E-state index in [1.165, 1.54) is 17.0 Å². The van der Waals surface area contributed by atoms with Crippen LogP contribution in [0.5, 0.6) is 0 Å². The van der Waals surface area contributed by atoms with Gasteiger partial charge in [-0.2, -0.15) is 18.2 Å². The Morgan fingerprint density at radius 3 is 2.20 bits per heavy atom. The SMILES string of the molecule is CC(C)(C)C1CCC(N(Cc2ccc(C(=O)N=C(N)/N=N\N)cc2)C(=O)Nc2cc(C(F)(F)F)ccc2F)CC1. The van der Waals surface area contributed by atoms with Crippen LogP contribution in [0.1, 0.15) is 67.9 Å². The van der Waals surface area contributed by atoms with E-state index in [1.54, 1.807) is 12.1 Å². The van der Waals surface area contributed by atoms with Crippen LogP contribution < -0.4 is 16.9 Å². The van der Waals surface area contributed by atoms with Gasteiger partial charge in [0.25, 0.3) is 5.91 Å². The molecule has 0 heterocycles. The second-order valence-electron chi connectivity index (χ2n) is 10.8. The van der Waals surface area contributed by atoms with E-state index in [0.29, 0.717) is 42.5 Å². The molecule has 0 saturated heterocycles. The van der Waals surface area contributed by atoms with Gasteiger partial charge in [0.2, 0.25) is 5.96 Å². The number of nitrogens with two attached hydrogens (primary N) is 2. The highest BCUT2D eigenvalue weighted by molar-refractivity contribution is 6.02. The number of rotatable bonds is 5. The molecule has 1 fully saturated rings. The molecule has 0 atom stereocenters. The van der Waals surface area contributed by atoms with Gasteiger partial charge in [0, 0.05) is 18.2 Å². The molecule has 3 rings (SSSR count). The fraction of sp³-hybridized carbons (Fsp3) is 0.444. The van der Waals surface area contributed by atoms with Crippen LogP contribution in [0.25, 0.3) is 0 Å². The molecule has 0 spiro atoms. The molecule has 1 aliphatic rings. The van der Waals surface area contributed by atoms with Crippen LogP contribution in [0, 0.1) is 17.2 Å². The summed E-state index contributed by atoms with van der Waals surface area (Å²) >= 11 is 0. The van der Waals surface area contributed by atoms with Crippen molar-refractivity contribution in [1.29, 1.82) is 0 Å². The third-order valence-electron chi connectivity index (χ3n) is 7.09. The summed E-state index contributed by atoms with van der Waals surface area (Å²) in [6.45, 7) is 6.58. The number of nitrogens with one attached hydrogen (secondary N) is 1. The lowest BCUT2D eigenvalue weighted by Gasteiger charge is -2.41. The maximum absolute atomic E-state index is 14.4. The monoisotopic (exact) mass is 563 g/mol. The van der Waals surface area contributed by atoms with E-state index in [4.69, 9.17) is 11.6 Å². The Balaban J connectivity index is 1.85. The second-order valence-corrected chi connectivity index (χ2v) is 10.8. The van der Waals surface area contributed by atoms with E-state index in [9.17, 15) is 27.2 Å². The van der Waals surface area contributed by atoms with Gasteiger partial charge in [-0.15, -0.1) is 0 Å². The third kappa shape index (κ3) is 7.99. The highest BCUT2D eigenvalue weighted by atomic mass is 19.4. The summed E-state index contributed by atoms with van der Waals surface area (Å²) in [5.74, 6) is 3.27. The second kappa shape index (κ2) is 12.4. The third-order valence-corrected chi connectivity index (χ3v) is 7.09. The number of hydrogen-bond acceptors (Lipinski definition) is 3. The van der Waals surface area contributed by atoms with Gasteiger partial charge in [-0.1, -0.05) is 43.2 Å². The van der Waals surface area contributed by atoms with Crippen LogP contribution >= 0.6 is 0 Å². The zero-order valence-electron chi connectivity index (χ0n) is 22.5. The maximum Gasteiger partial charge on any atom is 0.416 e. The predicted octanol–water partition coefficient (Wildman–Crippen LogP) is 6.26. The van der Waals surface area contributed by atoms with Crippen molar-refractivity contribution in [1.82, 2.24) is 4.90 Å². The molecule has 13 heteroatoms. The number of amides is 3. The van der Waals surface area contributed by atoms with Gasteiger partial charge in [0.1, 0.15) is 5.82 Å². The Morgan fingerprint density at radius 1 is 1.02 bits per heavy atom. The first kappa shape index (κ1) is 30.5. The van der Waals surface area contributed by atoms with Crippen molar-refractivity contribution in [2.24, 2.45) is 38.2 Å². The van der Waals surface area contributed by atoms with Crippen molar-refractivity contribution >= 4 is 23.6 Å². The minimum absolute atomic E-state index is 0.0819. The number of hydrogen-bond donors (Lipinski definition) is 3. The molecule has 2 aromatic carbocycles. The summed E-state index contributed by atoms with van der Waals surface area (Å²) in [5, 5.41) is 8.56. The van der Waals surface area contributed by atoms with Gasteiger partial charge in [0.15, 0.2) is 0 Å². The summed E-state index contributed by atoms with van der Waals surface area (Å²) in [6.07, 6.45) is -1.60.